The van der Waals surface area contributed by atoms with E-state index >= 15 is 0 Å². The van der Waals surface area contributed by atoms with Crippen molar-refractivity contribution in [3.63, 3.8) is 0 Å². The number of fused-ring (bicyclic) bond motifs is 7. The second-order valence-electron chi connectivity index (χ2n) is 16.6. The summed E-state index contributed by atoms with van der Waals surface area (Å²) in [5.41, 5.74) is 2.09. The molecule has 0 bridgehead atoms. The zero-order chi connectivity index (χ0) is 27.3. The molecule has 0 aromatic carbocycles. The topological polar surface area (TPSA) is 40.5 Å². The van der Waals surface area contributed by atoms with E-state index in [0.29, 0.717) is 40.4 Å². The van der Waals surface area contributed by atoms with Crippen LogP contribution in [0, 0.1) is 56.7 Å². The first-order chi connectivity index (χ1) is 17.8. The van der Waals surface area contributed by atoms with Gasteiger partial charge < -0.3 is 10.0 Å². The number of piperidine rings is 1. The summed E-state index contributed by atoms with van der Waals surface area (Å²) in [6.45, 7) is 21.4. The molecule has 3 nitrogen and oxygen atoms in total. The van der Waals surface area contributed by atoms with Crippen molar-refractivity contribution in [1.82, 2.24) is 4.90 Å². The maximum atomic E-state index is 14.5. The van der Waals surface area contributed by atoms with Gasteiger partial charge in [-0.1, -0.05) is 46.8 Å². The maximum Gasteiger partial charge on any atom is 0.229 e. The van der Waals surface area contributed by atoms with Gasteiger partial charge in [-0.05, 0) is 142 Å². The molecule has 38 heavy (non-hydrogen) atoms. The highest BCUT2D eigenvalue weighted by molar-refractivity contribution is 5.84. The lowest BCUT2D eigenvalue weighted by molar-refractivity contribution is -0.247. The van der Waals surface area contributed by atoms with E-state index < -0.39 is 0 Å². The highest BCUT2D eigenvalue weighted by atomic mass is 16.3. The fourth-order valence-electron chi connectivity index (χ4n) is 12.9. The molecule has 0 aromatic rings. The summed E-state index contributed by atoms with van der Waals surface area (Å²) in [4.78, 5) is 16.8. The van der Waals surface area contributed by atoms with Crippen molar-refractivity contribution in [2.24, 2.45) is 56.7 Å². The van der Waals surface area contributed by atoms with E-state index in [1.807, 2.05) is 0 Å². The van der Waals surface area contributed by atoms with Crippen molar-refractivity contribution in [3.8, 4) is 0 Å². The van der Waals surface area contributed by atoms with E-state index in [2.05, 4.69) is 53.0 Å². The third kappa shape index (κ3) is 3.38. The minimum atomic E-state index is -0.164. The first kappa shape index (κ1) is 27.3. The molecule has 1 saturated heterocycles. The van der Waals surface area contributed by atoms with E-state index in [-0.39, 0.29) is 22.3 Å². The van der Waals surface area contributed by atoms with Crippen molar-refractivity contribution in [2.45, 2.75) is 131 Å². The Hall–Kier alpha value is -0.830. The average Bonchev–Trinajstić information content (AvgIpc) is 3.28. The van der Waals surface area contributed by atoms with E-state index in [4.69, 9.17) is 0 Å². The van der Waals surface area contributed by atoms with Crippen molar-refractivity contribution in [2.75, 3.05) is 13.1 Å². The summed E-state index contributed by atoms with van der Waals surface area (Å²) < 4.78 is 0. The smallest absolute Gasteiger partial charge is 0.229 e. The lowest BCUT2D eigenvalue weighted by Crippen LogP contribution is -2.67. The molecule has 5 aliphatic carbocycles. The van der Waals surface area contributed by atoms with Crippen LogP contribution in [0.25, 0.3) is 0 Å². The second-order valence-corrected chi connectivity index (χ2v) is 16.6. The van der Waals surface area contributed by atoms with Crippen LogP contribution in [0.5, 0.6) is 0 Å². The summed E-state index contributed by atoms with van der Waals surface area (Å²) in [7, 11) is 0. The van der Waals surface area contributed by atoms with Gasteiger partial charge in [-0.15, -0.1) is 0 Å². The number of hydrogen-bond donors (Lipinski definition) is 1. The third-order valence-electron chi connectivity index (χ3n) is 15.1. The van der Waals surface area contributed by atoms with Gasteiger partial charge in [0.25, 0.3) is 0 Å². The quantitative estimate of drug-likeness (QED) is 0.372. The molecule has 0 radical (unpaired) electrons. The summed E-state index contributed by atoms with van der Waals surface area (Å²) in [6, 6.07) is 0. The summed E-state index contributed by atoms with van der Waals surface area (Å²) in [5.74, 6) is 3.45. The molecular formula is C35H57NO2. The van der Waals surface area contributed by atoms with Crippen LogP contribution >= 0.6 is 0 Å². The van der Waals surface area contributed by atoms with Crippen LogP contribution in [-0.2, 0) is 4.79 Å². The van der Waals surface area contributed by atoms with Crippen LogP contribution in [0.2, 0.25) is 0 Å². The molecule has 10 atom stereocenters. The zero-order valence-electron chi connectivity index (χ0n) is 25.6. The molecule has 6 rings (SSSR count). The van der Waals surface area contributed by atoms with Crippen molar-refractivity contribution in [3.05, 3.63) is 12.2 Å². The first-order valence-electron chi connectivity index (χ1n) is 16.5. The standard InChI is InChI=1S/C35H57NO2/c1-23(2)24-13-18-35(30(38)36-21-9-8-10-22-36)20-19-33(6)25(29(24)35)11-12-27-32(5)16-15-28(37)31(3,4)26(32)14-17-34(27,33)7/h24-29,37H,1,8-22H2,2-7H3. The largest absolute Gasteiger partial charge is 0.393 e. The Bertz CT molecular complexity index is 980. The molecule has 5 saturated carbocycles. The number of allylic oxidation sites excluding steroid dienone is 1. The van der Waals surface area contributed by atoms with E-state index in [1.54, 1.807) is 0 Å². The van der Waals surface area contributed by atoms with Crippen LogP contribution in [0.15, 0.2) is 12.2 Å². The number of nitrogens with zero attached hydrogens (tertiary/aromatic N) is 1. The third-order valence-corrected chi connectivity index (χ3v) is 15.1. The molecule has 6 fully saturated rings. The molecule has 1 aliphatic heterocycles. The molecular weight excluding hydrogens is 466 g/mol. The highest BCUT2D eigenvalue weighted by Gasteiger charge is 2.72. The van der Waals surface area contributed by atoms with Crippen LogP contribution in [-0.4, -0.2) is 35.1 Å². The van der Waals surface area contributed by atoms with E-state index in [9.17, 15) is 9.90 Å². The van der Waals surface area contributed by atoms with Gasteiger partial charge in [-0.2, -0.15) is 0 Å². The minimum Gasteiger partial charge on any atom is -0.393 e. The van der Waals surface area contributed by atoms with Gasteiger partial charge in [0.1, 0.15) is 0 Å². The summed E-state index contributed by atoms with van der Waals surface area (Å²) in [5, 5.41) is 11.0. The number of carbonyl (C=O) groups is 1. The molecule has 3 heteroatoms. The predicted molar refractivity (Wildman–Crippen MR) is 155 cm³/mol. The van der Waals surface area contributed by atoms with Gasteiger partial charge in [0.2, 0.25) is 5.91 Å². The Morgan fingerprint density at radius 2 is 1.50 bits per heavy atom. The lowest BCUT2D eigenvalue weighted by Gasteiger charge is -2.73. The minimum absolute atomic E-state index is 0.00512. The summed E-state index contributed by atoms with van der Waals surface area (Å²) in [6.07, 6.45) is 15.3. The predicted octanol–water partition coefficient (Wildman–Crippen LogP) is 8.02. The molecule has 1 amide bonds. The number of aliphatic hydroxyl groups excluding tert-OH is 1. The number of hydrogen-bond acceptors (Lipinski definition) is 2. The van der Waals surface area contributed by atoms with Gasteiger partial charge in [-0.25, -0.2) is 0 Å². The van der Waals surface area contributed by atoms with Crippen molar-refractivity contribution < 1.29 is 9.90 Å². The van der Waals surface area contributed by atoms with Gasteiger partial charge in [-0.3, -0.25) is 4.79 Å². The van der Waals surface area contributed by atoms with Gasteiger partial charge >= 0.3 is 0 Å². The number of aliphatic hydroxyl groups is 1. The maximum absolute atomic E-state index is 14.5. The number of rotatable bonds is 2. The van der Waals surface area contributed by atoms with E-state index in [0.717, 1.165) is 44.7 Å². The van der Waals surface area contributed by atoms with Gasteiger partial charge in [0.05, 0.1) is 11.5 Å². The highest BCUT2D eigenvalue weighted by Crippen LogP contribution is 2.77. The monoisotopic (exact) mass is 523 g/mol. The summed E-state index contributed by atoms with van der Waals surface area (Å²) >= 11 is 0. The van der Waals surface area contributed by atoms with Crippen LogP contribution in [0.3, 0.4) is 0 Å². The van der Waals surface area contributed by atoms with E-state index in [1.165, 1.54) is 63.4 Å². The molecule has 0 spiro atoms. The second kappa shape index (κ2) is 8.83. The molecule has 214 valence electrons. The molecule has 1 heterocycles. The Morgan fingerprint density at radius 3 is 2.18 bits per heavy atom. The van der Waals surface area contributed by atoms with Crippen LogP contribution in [0.4, 0.5) is 0 Å². The number of amides is 1. The fraction of sp³-hybridized carbons (Fsp3) is 0.914. The van der Waals surface area contributed by atoms with Gasteiger partial charge in [0, 0.05) is 13.1 Å². The first-order valence-corrected chi connectivity index (χ1v) is 16.5. The Balaban J connectivity index is 1.38. The SMILES string of the molecule is C=C(C)C1CCC2(C(=O)N3CCCCC3)CCC3(C)C(CCC4C5(C)CCC(O)C(C)(C)C5CCC43C)C12. The average molecular weight is 524 g/mol. The van der Waals surface area contributed by atoms with Gasteiger partial charge in [0.15, 0.2) is 0 Å². The van der Waals surface area contributed by atoms with Crippen molar-refractivity contribution >= 4 is 5.91 Å². The molecule has 1 N–H and O–H groups in total. The number of carbonyl (C=O) groups excluding carboxylic acids is 1. The van der Waals surface area contributed by atoms with Crippen LogP contribution < -0.4 is 0 Å². The molecule has 10 unspecified atom stereocenters. The fourth-order valence-corrected chi connectivity index (χ4v) is 12.9. The number of likely N-dealkylation sites (tertiary alicyclic amines) is 1. The van der Waals surface area contributed by atoms with Crippen molar-refractivity contribution in [1.29, 1.82) is 0 Å². The molecule has 0 aromatic heterocycles. The Morgan fingerprint density at radius 1 is 0.789 bits per heavy atom. The van der Waals surface area contributed by atoms with Crippen LogP contribution in [0.1, 0.15) is 125 Å². The Kier molecular flexibility index (Phi) is 6.36. The Labute approximate surface area is 233 Å². The molecule has 6 aliphatic rings. The normalized spacial score (nSPS) is 51.8. The lowest BCUT2D eigenvalue weighted by atomic mass is 9.32. The zero-order valence-corrected chi connectivity index (χ0v) is 25.6.